The predicted molar refractivity (Wildman–Crippen MR) is 126 cm³/mol. The maximum Gasteiger partial charge on any atom is 0.231 e. The van der Waals surface area contributed by atoms with Crippen LogP contribution in [0.15, 0.2) is 30.3 Å². The topological polar surface area (TPSA) is 62.3 Å². The minimum absolute atomic E-state index is 0.0586. The first-order valence-electron chi connectivity index (χ1n) is 10.5. The van der Waals surface area contributed by atoms with Gasteiger partial charge in [-0.05, 0) is 49.7 Å². The van der Waals surface area contributed by atoms with Crippen molar-refractivity contribution in [2.75, 3.05) is 43.1 Å². The lowest BCUT2D eigenvalue weighted by molar-refractivity contribution is 0.122. The fraction of sp³-hybridized carbons (Fsp3) is 0.500. The number of hydrogen-bond donors (Lipinski definition) is 2. The molecule has 2 aliphatic rings. The van der Waals surface area contributed by atoms with E-state index in [0.717, 1.165) is 62.2 Å². The summed E-state index contributed by atoms with van der Waals surface area (Å²) in [7, 11) is 0. The number of ether oxygens (including phenoxy) is 1. The molecular weight excluding hydrogens is 418 g/mol. The quantitative estimate of drug-likeness (QED) is 0.672. The molecule has 2 N–H and O–H groups in total. The lowest BCUT2D eigenvalue weighted by Gasteiger charge is -2.31. The van der Waals surface area contributed by atoms with Gasteiger partial charge in [0.2, 0.25) is 5.95 Å². The van der Waals surface area contributed by atoms with Gasteiger partial charge < -0.3 is 20.3 Å². The molecule has 1 aliphatic carbocycles. The van der Waals surface area contributed by atoms with E-state index in [4.69, 9.17) is 28.6 Å². The van der Waals surface area contributed by atoms with Gasteiger partial charge in [0.1, 0.15) is 5.82 Å². The Morgan fingerprint density at radius 3 is 2.70 bits per heavy atom. The van der Waals surface area contributed by atoms with E-state index in [1.165, 1.54) is 18.4 Å². The Morgan fingerprint density at radius 1 is 1.20 bits per heavy atom. The molecule has 0 bridgehead atoms. The van der Waals surface area contributed by atoms with Crippen LogP contribution in [0.2, 0.25) is 5.02 Å². The Hall–Kier alpha value is -1.96. The van der Waals surface area contributed by atoms with Gasteiger partial charge in [-0.2, -0.15) is 4.98 Å². The molecule has 0 spiro atoms. The van der Waals surface area contributed by atoms with Crippen LogP contribution in [0.4, 0.5) is 11.8 Å². The largest absolute Gasteiger partial charge is 0.378 e. The highest BCUT2D eigenvalue weighted by Crippen LogP contribution is 2.41. The molecule has 0 radical (unpaired) electrons. The zero-order valence-corrected chi connectivity index (χ0v) is 18.9. The smallest absolute Gasteiger partial charge is 0.231 e. The summed E-state index contributed by atoms with van der Waals surface area (Å²) in [6, 6.07) is 10.2. The van der Waals surface area contributed by atoms with Gasteiger partial charge in [-0.1, -0.05) is 36.6 Å². The van der Waals surface area contributed by atoms with Crippen molar-refractivity contribution in [3.8, 4) is 0 Å². The van der Waals surface area contributed by atoms with Crippen LogP contribution in [0.5, 0.6) is 0 Å². The van der Waals surface area contributed by atoms with Gasteiger partial charge in [-0.3, -0.25) is 0 Å². The molecule has 1 aromatic heterocycles. The molecule has 2 aromatic rings. The maximum atomic E-state index is 6.26. The van der Waals surface area contributed by atoms with E-state index in [-0.39, 0.29) is 5.41 Å². The molecule has 1 aromatic carbocycles. The average molecular weight is 446 g/mol. The van der Waals surface area contributed by atoms with E-state index in [2.05, 4.69) is 37.6 Å². The molecule has 8 heteroatoms. The summed E-state index contributed by atoms with van der Waals surface area (Å²) in [6.07, 6.45) is 4.70. The van der Waals surface area contributed by atoms with Gasteiger partial charge >= 0.3 is 0 Å². The van der Waals surface area contributed by atoms with E-state index >= 15 is 0 Å². The van der Waals surface area contributed by atoms with E-state index in [9.17, 15) is 0 Å². The highest BCUT2D eigenvalue weighted by Gasteiger charge is 2.35. The molecule has 0 atom stereocenters. The zero-order valence-electron chi connectivity index (χ0n) is 17.3. The van der Waals surface area contributed by atoms with Gasteiger partial charge in [-0.25, -0.2) is 4.98 Å². The van der Waals surface area contributed by atoms with Crippen molar-refractivity contribution in [3.05, 3.63) is 46.6 Å². The highest BCUT2D eigenvalue weighted by atomic mass is 35.5. The third-order valence-electron chi connectivity index (χ3n) is 5.99. The van der Waals surface area contributed by atoms with Crippen molar-refractivity contribution in [2.45, 2.75) is 38.0 Å². The molecule has 1 saturated heterocycles. The van der Waals surface area contributed by atoms with Crippen molar-refractivity contribution in [2.24, 2.45) is 0 Å². The van der Waals surface area contributed by atoms with E-state index in [0.29, 0.717) is 11.1 Å². The fourth-order valence-corrected chi connectivity index (χ4v) is 4.75. The number of benzene rings is 1. The number of aryl methyl sites for hydroxylation is 1. The minimum Gasteiger partial charge on any atom is -0.378 e. The number of anilines is 2. The van der Waals surface area contributed by atoms with Crippen molar-refractivity contribution in [1.82, 2.24) is 15.3 Å². The summed E-state index contributed by atoms with van der Waals surface area (Å²) in [5.74, 6) is 1.43. The molecular formula is C22H28ClN5OS. The molecule has 2 fully saturated rings. The summed E-state index contributed by atoms with van der Waals surface area (Å²) in [6.45, 7) is 5.84. The third-order valence-corrected chi connectivity index (χ3v) is 6.47. The number of morpholine rings is 1. The lowest BCUT2D eigenvalue weighted by atomic mass is 9.79. The van der Waals surface area contributed by atoms with Crippen LogP contribution in [0.1, 0.15) is 36.9 Å². The second kappa shape index (κ2) is 9.45. The standard InChI is InChI=1S/C22H28ClN5OS/c1-16-13-19(28-9-11-29-12-10-28)26-20(25-16)27-21(30)24-15-22(7-2-3-8-22)17-5-4-6-18(23)14-17/h4-6,13-14H,2-3,7-12,15H2,1H3,(H2,24,25,26,27,30). The molecule has 0 unspecified atom stereocenters. The number of thiocarbonyl (C=S) groups is 1. The molecule has 4 rings (SSSR count). The lowest BCUT2D eigenvalue weighted by Crippen LogP contribution is -2.41. The normalized spacial score (nSPS) is 18.3. The molecule has 0 amide bonds. The third kappa shape index (κ3) is 5.02. The Kier molecular flexibility index (Phi) is 6.71. The van der Waals surface area contributed by atoms with Gasteiger partial charge in [0.05, 0.1) is 13.2 Å². The summed E-state index contributed by atoms with van der Waals surface area (Å²) in [5, 5.41) is 7.92. The number of aromatic nitrogens is 2. The SMILES string of the molecule is Cc1cc(N2CCOCC2)nc(NC(=S)NCC2(c3cccc(Cl)c3)CCCC2)n1. The van der Waals surface area contributed by atoms with Crippen LogP contribution in [-0.4, -0.2) is 47.9 Å². The molecule has 160 valence electrons. The summed E-state index contributed by atoms with van der Waals surface area (Å²) < 4.78 is 5.44. The Balaban J connectivity index is 1.42. The first-order chi connectivity index (χ1) is 14.5. The summed E-state index contributed by atoms with van der Waals surface area (Å²) in [4.78, 5) is 11.4. The van der Waals surface area contributed by atoms with Crippen molar-refractivity contribution in [3.63, 3.8) is 0 Å². The second-order valence-corrected chi connectivity index (χ2v) is 8.94. The Labute approximate surface area is 188 Å². The number of nitrogens with one attached hydrogen (secondary N) is 2. The van der Waals surface area contributed by atoms with Gasteiger partial charge in [0.25, 0.3) is 0 Å². The van der Waals surface area contributed by atoms with E-state index in [1.807, 2.05) is 25.1 Å². The van der Waals surface area contributed by atoms with Crippen molar-refractivity contribution in [1.29, 1.82) is 0 Å². The van der Waals surface area contributed by atoms with Crippen LogP contribution in [0.25, 0.3) is 0 Å². The van der Waals surface area contributed by atoms with Crippen molar-refractivity contribution < 1.29 is 4.74 Å². The molecule has 6 nitrogen and oxygen atoms in total. The first kappa shape index (κ1) is 21.3. The summed E-state index contributed by atoms with van der Waals surface area (Å²) in [5.41, 5.74) is 2.25. The molecule has 2 heterocycles. The number of nitrogens with zero attached hydrogens (tertiary/aromatic N) is 3. The zero-order chi connectivity index (χ0) is 21.0. The number of halogens is 1. The average Bonchev–Trinajstić information content (AvgIpc) is 3.23. The number of rotatable bonds is 5. The predicted octanol–water partition coefficient (Wildman–Crippen LogP) is 4.07. The van der Waals surface area contributed by atoms with Crippen LogP contribution >= 0.6 is 23.8 Å². The van der Waals surface area contributed by atoms with Crippen LogP contribution in [0.3, 0.4) is 0 Å². The van der Waals surface area contributed by atoms with Crippen molar-refractivity contribution >= 4 is 40.7 Å². The molecule has 1 saturated carbocycles. The first-order valence-corrected chi connectivity index (χ1v) is 11.3. The van der Waals surface area contributed by atoms with E-state index in [1.54, 1.807) is 0 Å². The van der Waals surface area contributed by atoms with Crippen LogP contribution in [0, 0.1) is 6.92 Å². The maximum absolute atomic E-state index is 6.26. The van der Waals surface area contributed by atoms with Gasteiger partial charge in [-0.15, -0.1) is 0 Å². The van der Waals surface area contributed by atoms with Crippen LogP contribution < -0.4 is 15.5 Å². The monoisotopic (exact) mass is 445 g/mol. The Bertz CT molecular complexity index is 897. The number of hydrogen-bond acceptors (Lipinski definition) is 5. The highest BCUT2D eigenvalue weighted by molar-refractivity contribution is 7.80. The van der Waals surface area contributed by atoms with Gasteiger partial charge in [0.15, 0.2) is 5.11 Å². The van der Waals surface area contributed by atoms with E-state index < -0.39 is 0 Å². The van der Waals surface area contributed by atoms with Crippen LogP contribution in [-0.2, 0) is 10.2 Å². The minimum atomic E-state index is 0.0586. The second-order valence-electron chi connectivity index (χ2n) is 8.10. The fourth-order valence-electron chi connectivity index (χ4n) is 4.40. The Morgan fingerprint density at radius 2 is 1.97 bits per heavy atom. The van der Waals surface area contributed by atoms with Gasteiger partial charge in [0, 0.05) is 41.8 Å². The summed E-state index contributed by atoms with van der Waals surface area (Å²) >= 11 is 11.8. The molecule has 30 heavy (non-hydrogen) atoms. The molecule has 1 aliphatic heterocycles.